The molecule has 2 rings (SSSR count). The SMILES string of the molecule is CC(C)C[C@H](NC(=O)[C@H](CC(=O)O)NC(=O)[C@H](Cc1ccccc1)NC(=O)[C@@H](NC(=O)[C@@H]1CCCN1C(=O)[C@@H](NC(=O)[C@H](C)N)[C@@H](C)O)C(C)C)C(=O)O. The van der Waals surface area contributed by atoms with E-state index in [1.54, 1.807) is 58.0 Å². The summed E-state index contributed by atoms with van der Waals surface area (Å²) in [6.45, 7) is 9.63. The van der Waals surface area contributed by atoms with Crippen LogP contribution in [0.2, 0.25) is 0 Å². The average Bonchev–Trinajstić information content (AvgIpc) is 3.58. The van der Waals surface area contributed by atoms with Crippen molar-refractivity contribution in [2.45, 2.75) is 122 Å². The van der Waals surface area contributed by atoms with Crippen LogP contribution in [0, 0.1) is 11.8 Å². The molecule has 8 atom stereocenters. The lowest BCUT2D eigenvalue weighted by molar-refractivity contribution is -0.145. The third-order valence-electron chi connectivity index (χ3n) is 8.79. The molecular weight excluding hydrogens is 706 g/mol. The molecule has 1 aromatic rings. The number of nitrogens with one attached hydrogen (secondary N) is 5. The monoisotopic (exact) mass is 761 g/mol. The van der Waals surface area contributed by atoms with Gasteiger partial charge in [0.25, 0.3) is 0 Å². The lowest BCUT2D eigenvalue weighted by Crippen LogP contribution is -2.61. The number of rotatable bonds is 20. The molecule has 6 amide bonds. The number of aliphatic carboxylic acids is 2. The van der Waals surface area contributed by atoms with Crippen LogP contribution in [0.25, 0.3) is 0 Å². The smallest absolute Gasteiger partial charge is 0.326 e. The minimum atomic E-state index is -1.70. The molecular formula is C36H55N7O11. The molecule has 0 saturated carbocycles. The highest BCUT2D eigenvalue weighted by Gasteiger charge is 2.41. The molecule has 18 nitrogen and oxygen atoms in total. The summed E-state index contributed by atoms with van der Waals surface area (Å²) in [4.78, 5) is 105. The van der Waals surface area contributed by atoms with Gasteiger partial charge in [0.05, 0.1) is 18.6 Å². The minimum Gasteiger partial charge on any atom is -0.481 e. The number of hydrogen-bond acceptors (Lipinski definition) is 10. The minimum absolute atomic E-state index is 0.0435. The molecule has 0 aliphatic carbocycles. The van der Waals surface area contributed by atoms with Crippen LogP contribution in [0.15, 0.2) is 30.3 Å². The van der Waals surface area contributed by atoms with Crippen LogP contribution in [0.3, 0.4) is 0 Å². The molecule has 1 heterocycles. The summed E-state index contributed by atoms with van der Waals surface area (Å²) in [5.74, 6) is -8.31. The zero-order valence-corrected chi connectivity index (χ0v) is 31.5. The number of carbonyl (C=O) groups is 8. The van der Waals surface area contributed by atoms with Crippen molar-refractivity contribution in [2.24, 2.45) is 17.6 Å². The lowest BCUT2D eigenvalue weighted by Gasteiger charge is -2.32. The predicted octanol–water partition coefficient (Wildman–Crippen LogP) is -1.37. The summed E-state index contributed by atoms with van der Waals surface area (Å²) in [5, 5.41) is 41.7. The Hall–Kier alpha value is -5.10. The van der Waals surface area contributed by atoms with E-state index in [2.05, 4.69) is 26.6 Å². The highest BCUT2D eigenvalue weighted by atomic mass is 16.4. The molecule has 0 spiro atoms. The Balaban J connectivity index is 2.33. The molecule has 1 saturated heterocycles. The van der Waals surface area contributed by atoms with E-state index in [1.165, 1.54) is 18.7 Å². The van der Waals surface area contributed by atoms with Gasteiger partial charge in [-0.15, -0.1) is 0 Å². The Morgan fingerprint density at radius 3 is 1.85 bits per heavy atom. The number of aliphatic hydroxyl groups excluding tert-OH is 1. The zero-order valence-electron chi connectivity index (χ0n) is 31.5. The van der Waals surface area contributed by atoms with Crippen LogP contribution in [-0.2, 0) is 44.8 Å². The molecule has 0 aromatic heterocycles. The van der Waals surface area contributed by atoms with Crippen LogP contribution in [0.1, 0.15) is 72.8 Å². The summed E-state index contributed by atoms with van der Waals surface area (Å²) in [7, 11) is 0. The second-order valence-corrected chi connectivity index (χ2v) is 14.4. The fourth-order valence-electron chi connectivity index (χ4n) is 5.88. The van der Waals surface area contributed by atoms with E-state index in [0.717, 1.165) is 0 Å². The highest BCUT2D eigenvalue weighted by molar-refractivity contribution is 5.98. The van der Waals surface area contributed by atoms with Crippen molar-refractivity contribution < 1.29 is 53.7 Å². The summed E-state index contributed by atoms with van der Waals surface area (Å²) in [5.41, 5.74) is 6.20. The largest absolute Gasteiger partial charge is 0.481 e. The first-order chi connectivity index (χ1) is 25.2. The number of nitrogens with two attached hydrogens (primary N) is 1. The Morgan fingerprint density at radius 2 is 1.33 bits per heavy atom. The fourth-order valence-corrected chi connectivity index (χ4v) is 5.88. The van der Waals surface area contributed by atoms with Crippen molar-refractivity contribution in [1.82, 2.24) is 31.5 Å². The second kappa shape index (κ2) is 21.0. The number of carbonyl (C=O) groups excluding carboxylic acids is 6. The van der Waals surface area contributed by atoms with E-state index < -0.39 is 108 Å². The maximum atomic E-state index is 13.8. The fraction of sp³-hybridized carbons (Fsp3) is 0.611. The van der Waals surface area contributed by atoms with Gasteiger partial charge >= 0.3 is 11.9 Å². The lowest BCUT2D eigenvalue weighted by atomic mass is 10.00. The Labute approximate surface area is 314 Å². The standard InChI is InChI=1S/C36H55N7O11/c1-18(2)15-25(36(53)54)40-32(49)24(17-27(45)46)38-31(48)23(16-22-11-8-7-9-12-22)39-34(51)28(19(3)4)41-33(50)26-13-10-14-43(26)35(52)29(21(6)44)42-30(47)20(5)37/h7-9,11-12,18-21,23-26,28-29,44H,10,13-17,37H2,1-6H3,(H,38,48)(H,39,51)(H,40,49)(H,41,50)(H,42,47)(H,45,46)(H,53,54)/t20-,21+,23-,24-,25-,26-,28-,29-/m0/s1. The molecule has 300 valence electrons. The maximum Gasteiger partial charge on any atom is 0.326 e. The number of aliphatic hydroxyl groups is 1. The van der Waals surface area contributed by atoms with Crippen molar-refractivity contribution in [3.05, 3.63) is 35.9 Å². The number of nitrogens with zero attached hydrogens (tertiary/aromatic N) is 1. The van der Waals surface area contributed by atoms with E-state index >= 15 is 0 Å². The van der Waals surface area contributed by atoms with Crippen molar-refractivity contribution in [1.29, 1.82) is 0 Å². The van der Waals surface area contributed by atoms with Gasteiger partial charge in [-0.25, -0.2) is 4.79 Å². The van der Waals surface area contributed by atoms with Gasteiger partial charge in [0.1, 0.15) is 36.3 Å². The highest BCUT2D eigenvalue weighted by Crippen LogP contribution is 2.20. The van der Waals surface area contributed by atoms with Gasteiger partial charge < -0.3 is 52.5 Å². The first-order valence-electron chi connectivity index (χ1n) is 18.0. The summed E-state index contributed by atoms with van der Waals surface area (Å²) in [6, 6.07) is -0.579. The summed E-state index contributed by atoms with van der Waals surface area (Å²) in [6.07, 6.45) is -1.62. The van der Waals surface area contributed by atoms with E-state index in [1.807, 2.05) is 0 Å². The first-order valence-corrected chi connectivity index (χ1v) is 18.0. The van der Waals surface area contributed by atoms with Crippen LogP contribution in [0.4, 0.5) is 0 Å². The quantitative estimate of drug-likeness (QED) is 0.0745. The molecule has 1 fully saturated rings. The van der Waals surface area contributed by atoms with E-state index in [-0.39, 0.29) is 31.7 Å². The number of carboxylic acid groups (broad SMARTS) is 2. The molecule has 1 aliphatic heterocycles. The van der Waals surface area contributed by atoms with Crippen molar-refractivity contribution in [2.75, 3.05) is 6.54 Å². The molecule has 18 heteroatoms. The Bertz CT molecular complexity index is 1500. The Kier molecular flexibility index (Phi) is 17.5. The number of amides is 6. The van der Waals surface area contributed by atoms with Crippen LogP contribution in [0.5, 0.6) is 0 Å². The number of likely N-dealkylation sites (tertiary alicyclic amines) is 1. The van der Waals surface area contributed by atoms with Gasteiger partial charge in [0.2, 0.25) is 35.4 Å². The van der Waals surface area contributed by atoms with Gasteiger partial charge in [-0.05, 0) is 50.5 Å². The molecule has 0 radical (unpaired) electrons. The van der Waals surface area contributed by atoms with Gasteiger partial charge in [-0.1, -0.05) is 58.0 Å². The normalized spacial score (nSPS) is 18.0. The topological polar surface area (TPSA) is 287 Å². The van der Waals surface area contributed by atoms with Gasteiger partial charge in [0, 0.05) is 13.0 Å². The van der Waals surface area contributed by atoms with Gasteiger partial charge in [-0.2, -0.15) is 0 Å². The number of carboxylic acids is 2. The van der Waals surface area contributed by atoms with Crippen LogP contribution < -0.4 is 32.3 Å². The van der Waals surface area contributed by atoms with Crippen molar-refractivity contribution in [3.8, 4) is 0 Å². The molecule has 1 aliphatic rings. The number of benzene rings is 1. The molecule has 0 unspecified atom stereocenters. The molecule has 10 N–H and O–H groups in total. The third-order valence-corrected chi connectivity index (χ3v) is 8.79. The molecule has 0 bridgehead atoms. The molecule has 1 aromatic carbocycles. The first kappa shape index (κ1) is 45.1. The summed E-state index contributed by atoms with van der Waals surface area (Å²) < 4.78 is 0. The van der Waals surface area contributed by atoms with Gasteiger partial charge in [-0.3, -0.25) is 33.6 Å². The zero-order chi connectivity index (χ0) is 40.9. The van der Waals surface area contributed by atoms with Crippen LogP contribution >= 0.6 is 0 Å². The van der Waals surface area contributed by atoms with E-state index in [4.69, 9.17) is 5.73 Å². The van der Waals surface area contributed by atoms with Crippen molar-refractivity contribution >= 4 is 47.4 Å². The van der Waals surface area contributed by atoms with E-state index in [0.29, 0.717) is 12.0 Å². The third kappa shape index (κ3) is 13.7. The number of hydrogen-bond donors (Lipinski definition) is 9. The van der Waals surface area contributed by atoms with Crippen LogP contribution in [-0.4, -0.2) is 123 Å². The van der Waals surface area contributed by atoms with Gasteiger partial charge in [0.15, 0.2) is 0 Å². The molecule has 54 heavy (non-hydrogen) atoms. The van der Waals surface area contributed by atoms with Crippen molar-refractivity contribution in [3.63, 3.8) is 0 Å². The second-order valence-electron chi connectivity index (χ2n) is 14.4. The predicted molar refractivity (Wildman–Crippen MR) is 194 cm³/mol. The summed E-state index contributed by atoms with van der Waals surface area (Å²) >= 11 is 0. The average molecular weight is 762 g/mol. The maximum absolute atomic E-state index is 13.8. The van der Waals surface area contributed by atoms with E-state index in [9.17, 15) is 53.7 Å². The Morgan fingerprint density at radius 1 is 0.759 bits per heavy atom.